The zero-order valence-corrected chi connectivity index (χ0v) is 12.7. The summed E-state index contributed by atoms with van der Waals surface area (Å²) in [6, 6.07) is 4.40. The van der Waals surface area contributed by atoms with Gasteiger partial charge >= 0.3 is 0 Å². The second-order valence-electron chi connectivity index (χ2n) is 6.42. The Hall–Kier alpha value is -0.380. The fourth-order valence-corrected chi connectivity index (χ4v) is 3.15. The van der Waals surface area contributed by atoms with Crippen LogP contribution in [0.3, 0.4) is 0 Å². The van der Waals surface area contributed by atoms with E-state index in [0.717, 1.165) is 5.92 Å². The topological polar surface area (TPSA) is 15.3 Å². The van der Waals surface area contributed by atoms with E-state index in [1.165, 1.54) is 43.9 Å². The van der Waals surface area contributed by atoms with Gasteiger partial charge in [-0.2, -0.15) is 0 Å². The first-order chi connectivity index (χ1) is 8.53. The van der Waals surface area contributed by atoms with Gasteiger partial charge in [0.25, 0.3) is 0 Å². The predicted molar refractivity (Wildman–Crippen MR) is 80.3 cm³/mol. The molecule has 1 aromatic heterocycles. The van der Waals surface area contributed by atoms with Crippen molar-refractivity contribution >= 4 is 11.3 Å². The molecule has 1 aliphatic heterocycles. The summed E-state index contributed by atoms with van der Waals surface area (Å²) < 4.78 is 0. The van der Waals surface area contributed by atoms with Crippen molar-refractivity contribution in [2.24, 2.45) is 5.92 Å². The fraction of sp³-hybridized carbons (Fsp3) is 0.733. The average Bonchev–Trinajstić information content (AvgIpc) is 2.94. The van der Waals surface area contributed by atoms with E-state index in [4.69, 9.17) is 0 Å². The van der Waals surface area contributed by atoms with E-state index < -0.39 is 0 Å². The lowest BCUT2D eigenvalue weighted by atomic mass is 10.1. The molecule has 0 amide bonds. The van der Waals surface area contributed by atoms with E-state index in [1.807, 2.05) is 11.3 Å². The molecule has 1 fully saturated rings. The maximum atomic E-state index is 3.63. The Balaban J connectivity index is 1.65. The minimum Gasteiger partial charge on any atom is -0.312 e. The molecule has 0 saturated carbocycles. The monoisotopic (exact) mass is 266 g/mol. The average molecular weight is 266 g/mol. The summed E-state index contributed by atoms with van der Waals surface area (Å²) in [6.45, 7) is 11.7. The molecule has 102 valence electrons. The van der Waals surface area contributed by atoms with Gasteiger partial charge in [0.05, 0.1) is 0 Å². The summed E-state index contributed by atoms with van der Waals surface area (Å²) in [5, 5.41) is 5.81. The zero-order valence-electron chi connectivity index (χ0n) is 11.9. The number of nitrogens with zero attached hydrogens (tertiary/aromatic N) is 1. The molecule has 1 N–H and O–H groups in total. The number of thiophene rings is 1. The van der Waals surface area contributed by atoms with E-state index in [1.54, 1.807) is 0 Å². The molecule has 18 heavy (non-hydrogen) atoms. The van der Waals surface area contributed by atoms with Crippen molar-refractivity contribution in [1.29, 1.82) is 0 Å². The Morgan fingerprint density at radius 1 is 1.44 bits per heavy atom. The van der Waals surface area contributed by atoms with Gasteiger partial charge in [-0.1, -0.05) is 6.07 Å². The van der Waals surface area contributed by atoms with Crippen LogP contribution in [0.2, 0.25) is 0 Å². The van der Waals surface area contributed by atoms with Crippen molar-refractivity contribution in [2.75, 3.05) is 26.2 Å². The van der Waals surface area contributed by atoms with Gasteiger partial charge in [-0.05, 0) is 64.1 Å². The molecule has 1 aromatic rings. The van der Waals surface area contributed by atoms with E-state index in [-0.39, 0.29) is 5.54 Å². The smallest absolute Gasteiger partial charge is 0.00966 e. The molecule has 1 unspecified atom stereocenters. The molecular weight excluding hydrogens is 240 g/mol. The fourth-order valence-electron chi connectivity index (χ4n) is 2.46. The second kappa shape index (κ2) is 6.18. The highest BCUT2D eigenvalue weighted by Crippen LogP contribution is 2.18. The molecule has 0 aromatic carbocycles. The third-order valence-corrected chi connectivity index (χ3v) is 4.48. The van der Waals surface area contributed by atoms with Crippen molar-refractivity contribution < 1.29 is 0 Å². The minimum absolute atomic E-state index is 0.254. The van der Waals surface area contributed by atoms with Crippen LogP contribution in [0.25, 0.3) is 0 Å². The number of nitrogens with one attached hydrogen (secondary N) is 1. The van der Waals surface area contributed by atoms with Crippen LogP contribution in [-0.2, 0) is 6.42 Å². The van der Waals surface area contributed by atoms with Crippen LogP contribution in [0.5, 0.6) is 0 Å². The Morgan fingerprint density at radius 3 is 2.94 bits per heavy atom. The Bertz CT molecular complexity index is 340. The van der Waals surface area contributed by atoms with Crippen molar-refractivity contribution in [3.05, 3.63) is 22.4 Å². The van der Waals surface area contributed by atoms with Gasteiger partial charge < -0.3 is 10.2 Å². The predicted octanol–water partition coefficient (Wildman–Crippen LogP) is 3.00. The molecule has 0 radical (unpaired) electrons. The van der Waals surface area contributed by atoms with E-state index in [9.17, 15) is 0 Å². The number of hydrogen-bond acceptors (Lipinski definition) is 3. The highest BCUT2D eigenvalue weighted by Gasteiger charge is 2.23. The van der Waals surface area contributed by atoms with Crippen molar-refractivity contribution in [2.45, 2.75) is 39.2 Å². The third kappa shape index (κ3) is 4.71. The standard InChI is InChI=1S/C15H26N2S/c1-15(2,3)16-11-13-6-8-17(12-13)9-7-14-5-4-10-18-14/h4-5,10,13,16H,6-9,11-12H2,1-3H3. The maximum Gasteiger partial charge on any atom is 0.00966 e. The van der Waals surface area contributed by atoms with Gasteiger partial charge in [0.2, 0.25) is 0 Å². The lowest BCUT2D eigenvalue weighted by Gasteiger charge is -2.23. The summed E-state index contributed by atoms with van der Waals surface area (Å²) >= 11 is 1.88. The van der Waals surface area contributed by atoms with Crippen LogP contribution < -0.4 is 5.32 Å². The van der Waals surface area contributed by atoms with Crippen LogP contribution in [0.1, 0.15) is 32.1 Å². The van der Waals surface area contributed by atoms with Gasteiger partial charge in [-0.3, -0.25) is 0 Å². The van der Waals surface area contributed by atoms with Crippen LogP contribution >= 0.6 is 11.3 Å². The van der Waals surface area contributed by atoms with E-state index in [2.05, 4.69) is 48.5 Å². The van der Waals surface area contributed by atoms with Crippen LogP contribution in [0.4, 0.5) is 0 Å². The number of rotatable bonds is 5. The minimum atomic E-state index is 0.254. The van der Waals surface area contributed by atoms with E-state index in [0.29, 0.717) is 0 Å². The van der Waals surface area contributed by atoms with Gasteiger partial charge in [0.15, 0.2) is 0 Å². The molecule has 1 saturated heterocycles. The molecule has 0 aliphatic carbocycles. The quantitative estimate of drug-likeness (QED) is 0.881. The molecular formula is C15H26N2S. The van der Waals surface area contributed by atoms with Crippen LogP contribution in [0, 0.1) is 5.92 Å². The Morgan fingerprint density at radius 2 is 2.28 bits per heavy atom. The summed E-state index contributed by atoms with van der Waals surface area (Å²) in [5.74, 6) is 0.840. The van der Waals surface area contributed by atoms with Gasteiger partial charge in [0, 0.05) is 23.5 Å². The molecule has 2 nitrogen and oxygen atoms in total. The van der Waals surface area contributed by atoms with Gasteiger partial charge in [-0.15, -0.1) is 11.3 Å². The summed E-state index contributed by atoms with van der Waals surface area (Å²) in [7, 11) is 0. The molecule has 1 atom stereocenters. The summed E-state index contributed by atoms with van der Waals surface area (Å²) in [4.78, 5) is 4.14. The molecule has 2 rings (SSSR count). The number of likely N-dealkylation sites (tertiary alicyclic amines) is 1. The normalized spacial score (nSPS) is 21.6. The maximum absolute atomic E-state index is 3.63. The first-order valence-electron chi connectivity index (χ1n) is 7.03. The third-order valence-electron chi connectivity index (χ3n) is 3.55. The zero-order chi connectivity index (χ0) is 13.0. The Kier molecular flexibility index (Phi) is 4.82. The molecule has 3 heteroatoms. The number of hydrogen-bond donors (Lipinski definition) is 1. The van der Waals surface area contributed by atoms with Crippen molar-refractivity contribution in [1.82, 2.24) is 10.2 Å². The highest BCUT2D eigenvalue weighted by molar-refractivity contribution is 7.09. The van der Waals surface area contributed by atoms with E-state index >= 15 is 0 Å². The van der Waals surface area contributed by atoms with Crippen molar-refractivity contribution in [3.8, 4) is 0 Å². The highest BCUT2D eigenvalue weighted by atomic mass is 32.1. The molecule has 0 spiro atoms. The van der Waals surface area contributed by atoms with Crippen LogP contribution in [-0.4, -0.2) is 36.6 Å². The summed E-state index contributed by atoms with van der Waals surface area (Å²) in [6.07, 6.45) is 2.57. The lowest BCUT2D eigenvalue weighted by molar-refractivity contribution is 0.315. The SMILES string of the molecule is CC(C)(C)NCC1CCN(CCc2cccs2)C1. The second-order valence-corrected chi connectivity index (χ2v) is 7.45. The van der Waals surface area contributed by atoms with Gasteiger partial charge in [0.1, 0.15) is 0 Å². The van der Waals surface area contributed by atoms with Gasteiger partial charge in [-0.25, -0.2) is 0 Å². The molecule has 0 bridgehead atoms. The largest absolute Gasteiger partial charge is 0.312 e. The molecule has 1 aliphatic rings. The Labute approximate surface area is 115 Å². The summed E-state index contributed by atoms with van der Waals surface area (Å²) in [5.41, 5.74) is 0.254. The first-order valence-corrected chi connectivity index (χ1v) is 7.91. The van der Waals surface area contributed by atoms with Crippen LogP contribution in [0.15, 0.2) is 17.5 Å². The lowest BCUT2D eigenvalue weighted by Crippen LogP contribution is -2.39. The van der Waals surface area contributed by atoms with Crippen molar-refractivity contribution in [3.63, 3.8) is 0 Å². The molecule has 2 heterocycles. The first kappa shape index (κ1) is 14.0.